The van der Waals surface area contributed by atoms with Crippen molar-refractivity contribution in [3.8, 4) is 0 Å². The minimum Gasteiger partial charge on any atom is -0.384 e. The molecule has 2 aliphatic rings. The molecule has 7 heteroatoms. The molecule has 1 aliphatic heterocycles. The van der Waals surface area contributed by atoms with E-state index in [9.17, 15) is 4.79 Å². The summed E-state index contributed by atoms with van der Waals surface area (Å²) in [4.78, 5) is 12.5. The van der Waals surface area contributed by atoms with Crippen LogP contribution in [0.15, 0.2) is 18.2 Å². The largest absolute Gasteiger partial charge is 0.384 e. The fourth-order valence-corrected chi connectivity index (χ4v) is 4.22. The van der Waals surface area contributed by atoms with Crippen LogP contribution in [0.3, 0.4) is 0 Å². The van der Waals surface area contributed by atoms with E-state index in [0.29, 0.717) is 23.2 Å². The Balaban J connectivity index is 0.00000225. The molecule has 1 amide bonds. The van der Waals surface area contributed by atoms with Gasteiger partial charge in [0, 0.05) is 35.0 Å². The van der Waals surface area contributed by atoms with Crippen molar-refractivity contribution in [1.29, 1.82) is 0 Å². The Morgan fingerprint density at radius 2 is 2.08 bits per heavy atom. The summed E-state index contributed by atoms with van der Waals surface area (Å²) in [5.41, 5.74) is 1.08. The Morgan fingerprint density at radius 1 is 1.36 bits per heavy atom. The zero-order valence-electron chi connectivity index (χ0n) is 14.3. The number of carbonyl (C=O) groups excluding carboxylic acids is 1. The van der Waals surface area contributed by atoms with E-state index in [1.807, 2.05) is 12.1 Å². The van der Waals surface area contributed by atoms with Gasteiger partial charge in [-0.15, -0.1) is 12.4 Å². The fourth-order valence-electron chi connectivity index (χ4n) is 3.67. The van der Waals surface area contributed by atoms with Crippen LogP contribution in [0, 0.1) is 11.3 Å². The van der Waals surface area contributed by atoms with Gasteiger partial charge in [-0.25, -0.2) is 0 Å². The van der Waals surface area contributed by atoms with E-state index in [0.717, 1.165) is 37.9 Å². The molecule has 1 heterocycles. The Labute approximate surface area is 165 Å². The summed E-state index contributed by atoms with van der Waals surface area (Å²) >= 11 is 12.2. The Hall–Kier alpha value is -0.520. The summed E-state index contributed by atoms with van der Waals surface area (Å²) < 4.78 is 5.40. The molecule has 0 spiro atoms. The predicted octanol–water partition coefficient (Wildman–Crippen LogP) is 3.65. The van der Waals surface area contributed by atoms with Gasteiger partial charge in [-0.1, -0.05) is 29.3 Å². The van der Waals surface area contributed by atoms with Crippen LogP contribution in [0.25, 0.3) is 0 Å². The molecule has 1 aromatic rings. The summed E-state index contributed by atoms with van der Waals surface area (Å²) in [6.07, 6.45) is 2.91. The van der Waals surface area contributed by atoms with E-state index in [1.54, 1.807) is 13.2 Å². The lowest BCUT2D eigenvalue weighted by Gasteiger charge is -2.37. The highest BCUT2D eigenvalue weighted by Crippen LogP contribution is 2.50. The van der Waals surface area contributed by atoms with Gasteiger partial charge in [-0.2, -0.15) is 0 Å². The minimum absolute atomic E-state index is 0. The van der Waals surface area contributed by atoms with Gasteiger partial charge in [0.25, 0.3) is 0 Å². The molecule has 2 unspecified atom stereocenters. The normalized spacial score (nSPS) is 24.3. The molecule has 2 atom stereocenters. The van der Waals surface area contributed by atoms with E-state index in [1.165, 1.54) is 0 Å². The van der Waals surface area contributed by atoms with Gasteiger partial charge < -0.3 is 15.4 Å². The number of halogens is 3. The molecule has 0 bridgehead atoms. The smallest absolute Gasteiger partial charge is 0.223 e. The molecule has 4 nitrogen and oxygen atoms in total. The number of rotatable bonds is 6. The van der Waals surface area contributed by atoms with Crippen LogP contribution in [0.2, 0.25) is 10.0 Å². The van der Waals surface area contributed by atoms with Crippen LogP contribution in [0.4, 0.5) is 0 Å². The molecular formula is C18H25Cl3N2O2. The summed E-state index contributed by atoms with van der Waals surface area (Å²) in [5.74, 6) is 0.353. The number of amides is 1. The SMILES string of the molecule is COCC1(CNC(=O)C2CC2c2ccc(Cl)cc2Cl)CCNCC1.Cl. The first-order valence-corrected chi connectivity index (χ1v) is 9.23. The molecule has 1 aliphatic carbocycles. The number of hydrogen-bond donors (Lipinski definition) is 2. The van der Waals surface area contributed by atoms with Crippen molar-refractivity contribution >= 4 is 41.5 Å². The fraction of sp³-hybridized carbons (Fsp3) is 0.611. The van der Waals surface area contributed by atoms with Crippen molar-refractivity contribution < 1.29 is 9.53 Å². The number of methoxy groups -OCH3 is 1. The number of ether oxygens (including phenoxy) is 1. The quantitative estimate of drug-likeness (QED) is 0.757. The second-order valence-corrected chi connectivity index (χ2v) is 7.86. The maximum absolute atomic E-state index is 12.5. The number of carbonyl (C=O) groups is 1. The molecule has 0 aromatic heterocycles. The van der Waals surface area contributed by atoms with Crippen LogP contribution < -0.4 is 10.6 Å². The number of nitrogens with one attached hydrogen (secondary N) is 2. The van der Waals surface area contributed by atoms with Gasteiger partial charge in [0.15, 0.2) is 0 Å². The Morgan fingerprint density at radius 3 is 2.72 bits per heavy atom. The second kappa shape index (κ2) is 8.92. The molecular weight excluding hydrogens is 383 g/mol. The first-order valence-electron chi connectivity index (χ1n) is 8.47. The molecule has 0 radical (unpaired) electrons. The first-order chi connectivity index (χ1) is 11.5. The van der Waals surface area contributed by atoms with Crippen LogP contribution in [0.5, 0.6) is 0 Å². The maximum Gasteiger partial charge on any atom is 0.223 e. The standard InChI is InChI=1S/C18H24Cl2N2O2.ClH/c1-24-11-18(4-6-21-7-5-18)10-22-17(23)15-9-14(15)13-3-2-12(19)8-16(13)20;/h2-3,8,14-15,21H,4-7,9-11H2,1H3,(H,22,23);1H. The first kappa shape index (κ1) is 20.8. The van der Waals surface area contributed by atoms with Crippen molar-refractivity contribution in [3.63, 3.8) is 0 Å². The molecule has 2 fully saturated rings. The predicted molar refractivity (Wildman–Crippen MR) is 104 cm³/mol. The average molecular weight is 408 g/mol. The average Bonchev–Trinajstić information content (AvgIpc) is 3.34. The highest BCUT2D eigenvalue weighted by Gasteiger charge is 2.45. The highest BCUT2D eigenvalue weighted by molar-refractivity contribution is 6.35. The van der Waals surface area contributed by atoms with Crippen LogP contribution >= 0.6 is 35.6 Å². The van der Waals surface area contributed by atoms with Gasteiger partial charge in [-0.05, 0) is 56.0 Å². The number of piperidine rings is 1. The van der Waals surface area contributed by atoms with Crippen LogP contribution in [-0.2, 0) is 9.53 Å². The minimum atomic E-state index is 0. The maximum atomic E-state index is 12.5. The van der Waals surface area contributed by atoms with E-state index in [-0.39, 0.29) is 35.6 Å². The van der Waals surface area contributed by atoms with Crippen LogP contribution in [-0.4, -0.2) is 39.3 Å². The zero-order valence-corrected chi connectivity index (χ0v) is 16.6. The third kappa shape index (κ3) is 5.01. The zero-order chi connectivity index (χ0) is 17.2. The van der Waals surface area contributed by atoms with E-state index < -0.39 is 0 Å². The van der Waals surface area contributed by atoms with Gasteiger partial charge >= 0.3 is 0 Å². The second-order valence-electron chi connectivity index (χ2n) is 7.02. The monoisotopic (exact) mass is 406 g/mol. The van der Waals surface area contributed by atoms with Crippen molar-refractivity contribution in [2.24, 2.45) is 11.3 Å². The van der Waals surface area contributed by atoms with Crippen LogP contribution in [0.1, 0.15) is 30.7 Å². The molecule has 2 N–H and O–H groups in total. The molecule has 25 heavy (non-hydrogen) atoms. The molecule has 1 saturated heterocycles. The van der Waals surface area contributed by atoms with Crippen molar-refractivity contribution in [1.82, 2.24) is 10.6 Å². The molecule has 1 aromatic carbocycles. The van der Waals surface area contributed by atoms with Crippen molar-refractivity contribution in [3.05, 3.63) is 33.8 Å². The van der Waals surface area contributed by atoms with E-state index in [4.69, 9.17) is 27.9 Å². The summed E-state index contributed by atoms with van der Waals surface area (Å²) in [6, 6.07) is 5.51. The van der Waals surface area contributed by atoms with Crippen molar-refractivity contribution in [2.75, 3.05) is 33.4 Å². The van der Waals surface area contributed by atoms with Gasteiger partial charge in [0.05, 0.1) is 6.61 Å². The lowest BCUT2D eigenvalue weighted by Crippen LogP contribution is -2.47. The highest BCUT2D eigenvalue weighted by atomic mass is 35.5. The van der Waals surface area contributed by atoms with Gasteiger partial charge in [0.2, 0.25) is 5.91 Å². The number of hydrogen-bond acceptors (Lipinski definition) is 3. The lowest BCUT2D eigenvalue weighted by atomic mass is 9.79. The topological polar surface area (TPSA) is 50.4 Å². The third-order valence-electron chi connectivity index (χ3n) is 5.24. The molecule has 1 saturated carbocycles. The van der Waals surface area contributed by atoms with Gasteiger partial charge in [0.1, 0.15) is 0 Å². The third-order valence-corrected chi connectivity index (χ3v) is 5.80. The Bertz CT molecular complexity index is 600. The van der Waals surface area contributed by atoms with Crippen molar-refractivity contribution in [2.45, 2.75) is 25.2 Å². The Kier molecular flexibility index (Phi) is 7.41. The molecule has 3 rings (SSSR count). The van der Waals surface area contributed by atoms with E-state index >= 15 is 0 Å². The lowest BCUT2D eigenvalue weighted by molar-refractivity contribution is -0.123. The summed E-state index contributed by atoms with van der Waals surface area (Å²) in [5, 5.41) is 7.79. The summed E-state index contributed by atoms with van der Waals surface area (Å²) in [6.45, 7) is 3.32. The van der Waals surface area contributed by atoms with Gasteiger partial charge in [-0.3, -0.25) is 4.79 Å². The number of benzene rings is 1. The summed E-state index contributed by atoms with van der Waals surface area (Å²) in [7, 11) is 1.73. The van der Waals surface area contributed by atoms with E-state index in [2.05, 4.69) is 10.6 Å². The molecule has 140 valence electrons.